The van der Waals surface area contributed by atoms with Crippen LogP contribution in [0.1, 0.15) is 79.8 Å². The molecule has 0 bridgehead atoms. The lowest BCUT2D eigenvalue weighted by molar-refractivity contribution is 0.0728. The summed E-state index contributed by atoms with van der Waals surface area (Å²) in [4.78, 5) is 30.9. The second-order valence-corrected chi connectivity index (χ2v) is 7.94. The molecule has 0 radical (unpaired) electrons. The first-order valence-corrected chi connectivity index (χ1v) is 9.88. The van der Waals surface area contributed by atoms with Crippen LogP contribution in [0.2, 0.25) is 0 Å². The number of benzene rings is 1. The molecule has 0 fully saturated rings. The van der Waals surface area contributed by atoms with E-state index in [4.69, 9.17) is 4.42 Å². The van der Waals surface area contributed by atoms with Gasteiger partial charge < -0.3 is 14.6 Å². The summed E-state index contributed by atoms with van der Waals surface area (Å²) in [6.07, 6.45) is 3.01. The number of amides is 2. The summed E-state index contributed by atoms with van der Waals surface area (Å²) in [5.74, 6) is 0.0234. The number of carbonyl (C=O) groups excluding carboxylic acids is 2. The Hall–Kier alpha value is -2.63. The Morgan fingerprint density at radius 3 is 2.36 bits per heavy atom. The van der Waals surface area contributed by atoms with Crippen molar-refractivity contribution in [3.63, 3.8) is 0 Å². The van der Waals surface area contributed by atoms with E-state index in [1.54, 1.807) is 4.90 Å². The maximum atomic E-state index is 13.0. The molecule has 2 aromatic rings. The number of aromatic nitrogens is 1. The molecule has 2 rings (SSSR count). The van der Waals surface area contributed by atoms with E-state index in [1.165, 1.54) is 11.8 Å². The molecular formula is C22H31N3O3. The van der Waals surface area contributed by atoms with Crippen LogP contribution in [0, 0.1) is 0 Å². The van der Waals surface area contributed by atoms with Crippen LogP contribution in [0.3, 0.4) is 0 Å². The highest BCUT2D eigenvalue weighted by molar-refractivity contribution is 5.94. The van der Waals surface area contributed by atoms with E-state index in [0.717, 1.165) is 12.8 Å². The average molecular weight is 386 g/mol. The molecule has 0 saturated carbocycles. The molecule has 0 spiro atoms. The molecule has 6 heteroatoms. The summed E-state index contributed by atoms with van der Waals surface area (Å²) in [6.45, 7) is 11.8. The van der Waals surface area contributed by atoms with E-state index in [2.05, 4.69) is 31.1 Å². The van der Waals surface area contributed by atoms with Crippen molar-refractivity contribution < 1.29 is 14.0 Å². The smallest absolute Gasteiger partial charge is 0.273 e. The lowest BCUT2D eigenvalue weighted by Crippen LogP contribution is -2.31. The van der Waals surface area contributed by atoms with Gasteiger partial charge in [-0.1, -0.05) is 46.8 Å². The van der Waals surface area contributed by atoms with Gasteiger partial charge in [-0.05, 0) is 36.0 Å². The first kappa shape index (κ1) is 21.7. The molecular weight excluding hydrogens is 354 g/mol. The molecule has 1 N–H and O–H groups in total. The Balaban J connectivity index is 2.11. The topological polar surface area (TPSA) is 75.4 Å². The van der Waals surface area contributed by atoms with Crippen molar-refractivity contribution in [2.75, 3.05) is 13.1 Å². The largest absolute Gasteiger partial charge is 0.446 e. The minimum Gasteiger partial charge on any atom is -0.446 e. The van der Waals surface area contributed by atoms with Crippen LogP contribution < -0.4 is 5.32 Å². The van der Waals surface area contributed by atoms with Crippen LogP contribution in [0.25, 0.3) is 0 Å². The zero-order chi connectivity index (χ0) is 20.7. The standard InChI is InChI=1S/C22H31N3O3/c1-6-12-23-20(26)18-15-28-19(24-18)14-25(13-7-2)21(27)16-8-10-17(11-9-16)22(3,4)5/h8-11,15H,6-7,12-14H2,1-5H3,(H,23,26). The molecule has 152 valence electrons. The Kier molecular flexibility index (Phi) is 7.38. The molecule has 6 nitrogen and oxygen atoms in total. The van der Waals surface area contributed by atoms with Crippen LogP contribution in [0.15, 0.2) is 34.9 Å². The Morgan fingerprint density at radius 1 is 1.11 bits per heavy atom. The number of nitrogens with zero attached hydrogens (tertiary/aromatic N) is 2. The van der Waals surface area contributed by atoms with Gasteiger partial charge in [-0.3, -0.25) is 9.59 Å². The molecule has 0 unspecified atom stereocenters. The van der Waals surface area contributed by atoms with E-state index in [-0.39, 0.29) is 29.5 Å². The SMILES string of the molecule is CCCNC(=O)c1coc(CN(CCC)C(=O)c2ccc(C(C)(C)C)cc2)n1. The Bertz CT molecular complexity index is 788. The Labute approximate surface area is 167 Å². The van der Waals surface area contributed by atoms with Gasteiger partial charge in [0.25, 0.3) is 11.8 Å². The fourth-order valence-electron chi connectivity index (χ4n) is 2.80. The minimum atomic E-state index is -0.261. The van der Waals surface area contributed by atoms with Crippen LogP contribution in [-0.4, -0.2) is 34.8 Å². The molecule has 0 saturated heterocycles. The van der Waals surface area contributed by atoms with E-state index < -0.39 is 0 Å². The van der Waals surface area contributed by atoms with Crippen molar-refractivity contribution in [1.82, 2.24) is 15.2 Å². The van der Waals surface area contributed by atoms with Crippen LogP contribution in [0.4, 0.5) is 0 Å². The molecule has 1 aromatic carbocycles. The van der Waals surface area contributed by atoms with Gasteiger partial charge in [0, 0.05) is 18.7 Å². The molecule has 0 aliphatic heterocycles. The normalized spacial score (nSPS) is 11.3. The first-order chi connectivity index (χ1) is 13.3. The summed E-state index contributed by atoms with van der Waals surface area (Å²) >= 11 is 0. The van der Waals surface area contributed by atoms with Gasteiger partial charge in [-0.25, -0.2) is 4.98 Å². The second-order valence-electron chi connectivity index (χ2n) is 7.94. The summed E-state index contributed by atoms with van der Waals surface area (Å²) in [5, 5.41) is 2.76. The van der Waals surface area contributed by atoms with Crippen molar-refractivity contribution >= 4 is 11.8 Å². The highest BCUT2D eigenvalue weighted by Gasteiger charge is 2.20. The fraction of sp³-hybridized carbons (Fsp3) is 0.500. The third-order valence-electron chi connectivity index (χ3n) is 4.42. The van der Waals surface area contributed by atoms with E-state index in [9.17, 15) is 9.59 Å². The van der Waals surface area contributed by atoms with Crippen LogP contribution in [-0.2, 0) is 12.0 Å². The third-order valence-corrected chi connectivity index (χ3v) is 4.42. The number of rotatable bonds is 8. The first-order valence-electron chi connectivity index (χ1n) is 9.88. The summed E-state index contributed by atoms with van der Waals surface area (Å²) < 4.78 is 5.43. The number of oxazole rings is 1. The summed E-state index contributed by atoms with van der Waals surface area (Å²) in [7, 11) is 0. The minimum absolute atomic E-state index is 0.0392. The third kappa shape index (κ3) is 5.68. The highest BCUT2D eigenvalue weighted by atomic mass is 16.3. The number of hydrogen-bond acceptors (Lipinski definition) is 4. The number of nitrogens with one attached hydrogen (secondary N) is 1. The molecule has 2 amide bonds. The zero-order valence-electron chi connectivity index (χ0n) is 17.5. The summed E-state index contributed by atoms with van der Waals surface area (Å²) in [6, 6.07) is 7.73. The van der Waals surface area contributed by atoms with Gasteiger partial charge in [0.1, 0.15) is 6.26 Å². The molecule has 0 aliphatic rings. The Morgan fingerprint density at radius 2 is 1.79 bits per heavy atom. The van der Waals surface area contributed by atoms with E-state index in [0.29, 0.717) is 24.5 Å². The predicted molar refractivity (Wildman–Crippen MR) is 109 cm³/mol. The molecule has 1 aromatic heterocycles. The molecule has 0 atom stereocenters. The molecule has 1 heterocycles. The van der Waals surface area contributed by atoms with Crippen molar-refractivity contribution in [3.8, 4) is 0 Å². The van der Waals surface area contributed by atoms with Crippen molar-refractivity contribution in [1.29, 1.82) is 0 Å². The zero-order valence-corrected chi connectivity index (χ0v) is 17.5. The van der Waals surface area contributed by atoms with E-state index >= 15 is 0 Å². The summed E-state index contributed by atoms with van der Waals surface area (Å²) in [5.41, 5.74) is 2.09. The molecule has 0 aliphatic carbocycles. The highest BCUT2D eigenvalue weighted by Crippen LogP contribution is 2.22. The van der Waals surface area contributed by atoms with Gasteiger partial charge in [0.05, 0.1) is 6.54 Å². The van der Waals surface area contributed by atoms with Gasteiger partial charge in [0.15, 0.2) is 5.69 Å². The maximum absolute atomic E-state index is 13.0. The fourth-order valence-corrected chi connectivity index (χ4v) is 2.80. The predicted octanol–water partition coefficient (Wildman–Crippen LogP) is 4.16. The lowest BCUT2D eigenvalue weighted by atomic mass is 9.86. The average Bonchev–Trinajstić information content (AvgIpc) is 3.13. The molecule has 28 heavy (non-hydrogen) atoms. The van der Waals surface area contributed by atoms with Crippen molar-refractivity contribution in [2.45, 2.75) is 59.4 Å². The van der Waals surface area contributed by atoms with Crippen LogP contribution in [0.5, 0.6) is 0 Å². The quantitative estimate of drug-likeness (QED) is 0.740. The lowest BCUT2D eigenvalue weighted by Gasteiger charge is -2.22. The van der Waals surface area contributed by atoms with Crippen molar-refractivity contribution in [3.05, 3.63) is 53.2 Å². The van der Waals surface area contributed by atoms with Crippen LogP contribution >= 0.6 is 0 Å². The second kappa shape index (κ2) is 9.53. The maximum Gasteiger partial charge on any atom is 0.273 e. The monoisotopic (exact) mass is 385 g/mol. The van der Waals surface area contributed by atoms with Gasteiger partial charge in [0.2, 0.25) is 5.89 Å². The van der Waals surface area contributed by atoms with Gasteiger partial charge in [-0.2, -0.15) is 0 Å². The van der Waals surface area contributed by atoms with Gasteiger partial charge in [-0.15, -0.1) is 0 Å². The van der Waals surface area contributed by atoms with Gasteiger partial charge >= 0.3 is 0 Å². The van der Waals surface area contributed by atoms with E-state index in [1.807, 2.05) is 38.1 Å². The van der Waals surface area contributed by atoms with Crippen molar-refractivity contribution in [2.24, 2.45) is 0 Å². The number of hydrogen-bond donors (Lipinski definition) is 1. The number of carbonyl (C=O) groups is 2.